The normalized spacial score (nSPS) is 14.0. The average molecular weight is 360 g/mol. The van der Waals surface area contributed by atoms with Gasteiger partial charge in [0, 0.05) is 17.1 Å². The van der Waals surface area contributed by atoms with E-state index in [2.05, 4.69) is 15.5 Å². The van der Waals surface area contributed by atoms with Gasteiger partial charge in [-0.3, -0.25) is 19.3 Å². The lowest BCUT2D eigenvalue weighted by molar-refractivity contribution is 0.0677. The lowest BCUT2D eigenvalue weighted by Gasteiger charge is -2.13. The number of H-pyrrole nitrogens is 1. The van der Waals surface area contributed by atoms with Crippen molar-refractivity contribution < 1.29 is 14.4 Å². The molecule has 2 heterocycles. The summed E-state index contributed by atoms with van der Waals surface area (Å²) in [4.78, 5) is 41.3. The van der Waals surface area contributed by atoms with E-state index in [1.165, 1.54) is 0 Å². The molecule has 4 rings (SSSR count). The summed E-state index contributed by atoms with van der Waals surface area (Å²) in [6, 6.07) is 14.1. The molecule has 3 amide bonds. The standard InChI is InChI=1S/C20H16N4O3/c1-12(11-24-19(26)14-7-2-3-8-15(14)20(24)27)22-23-18(25)16-10-21-17-9-5-4-6-13(16)17/h2-10,21H,11H2,1H3,(H,23,25). The van der Waals surface area contributed by atoms with Crippen molar-refractivity contribution in [1.82, 2.24) is 15.3 Å². The summed E-state index contributed by atoms with van der Waals surface area (Å²) in [6.45, 7) is 1.67. The Morgan fingerprint density at radius 1 is 1.04 bits per heavy atom. The number of hydrogen-bond acceptors (Lipinski definition) is 4. The minimum Gasteiger partial charge on any atom is -0.360 e. The van der Waals surface area contributed by atoms with E-state index >= 15 is 0 Å². The molecule has 0 bridgehead atoms. The van der Waals surface area contributed by atoms with Gasteiger partial charge in [0.2, 0.25) is 0 Å². The highest BCUT2D eigenvalue weighted by Crippen LogP contribution is 2.22. The number of hydrogen-bond donors (Lipinski definition) is 2. The Balaban J connectivity index is 1.47. The van der Waals surface area contributed by atoms with Crippen LogP contribution in [0.4, 0.5) is 0 Å². The van der Waals surface area contributed by atoms with Crippen LogP contribution in [-0.2, 0) is 0 Å². The predicted octanol–water partition coefficient (Wildman–Crippen LogP) is 2.57. The molecular weight excluding hydrogens is 344 g/mol. The fourth-order valence-corrected chi connectivity index (χ4v) is 3.11. The highest BCUT2D eigenvalue weighted by Gasteiger charge is 2.35. The van der Waals surface area contributed by atoms with Gasteiger partial charge in [0.1, 0.15) is 0 Å². The van der Waals surface area contributed by atoms with Gasteiger partial charge >= 0.3 is 0 Å². The van der Waals surface area contributed by atoms with Crippen molar-refractivity contribution in [2.24, 2.45) is 5.10 Å². The van der Waals surface area contributed by atoms with Crippen molar-refractivity contribution in [1.29, 1.82) is 0 Å². The first kappa shape index (κ1) is 16.7. The predicted molar refractivity (Wildman–Crippen MR) is 101 cm³/mol. The molecule has 1 aliphatic heterocycles. The largest absolute Gasteiger partial charge is 0.360 e. The van der Waals surface area contributed by atoms with E-state index < -0.39 is 0 Å². The van der Waals surface area contributed by atoms with E-state index in [9.17, 15) is 14.4 Å². The van der Waals surface area contributed by atoms with Crippen LogP contribution in [0.25, 0.3) is 10.9 Å². The summed E-state index contributed by atoms with van der Waals surface area (Å²) >= 11 is 0. The van der Waals surface area contributed by atoms with Gasteiger partial charge in [0.25, 0.3) is 17.7 Å². The van der Waals surface area contributed by atoms with Crippen molar-refractivity contribution in [3.63, 3.8) is 0 Å². The number of fused-ring (bicyclic) bond motifs is 2. The maximum atomic E-state index is 12.4. The number of amides is 3. The molecule has 1 aromatic heterocycles. The first-order valence-corrected chi connectivity index (χ1v) is 8.41. The molecule has 3 aromatic rings. The number of para-hydroxylation sites is 1. The number of aromatic nitrogens is 1. The Morgan fingerprint density at radius 3 is 2.37 bits per heavy atom. The molecule has 0 atom stereocenters. The topological polar surface area (TPSA) is 94.6 Å². The van der Waals surface area contributed by atoms with E-state index in [1.54, 1.807) is 37.4 Å². The molecule has 0 aliphatic carbocycles. The summed E-state index contributed by atoms with van der Waals surface area (Å²) in [5.74, 6) is -1.07. The van der Waals surface area contributed by atoms with E-state index in [0.29, 0.717) is 22.4 Å². The van der Waals surface area contributed by atoms with Crippen LogP contribution >= 0.6 is 0 Å². The number of imide groups is 1. The number of benzene rings is 2. The molecule has 0 fully saturated rings. The van der Waals surface area contributed by atoms with E-state index in [0.717, 1.165) is 15.8 Å². The Morgan fingerprint density at radius 2 is 1.67 bits per heavy atom. The van der Waals surface area contributed by atoms with Gasteiger partial charge in [-0.25, -0.2) is 5.43 Å². The summed E-state index contributed by atoms with van der Waals surface area (Å²) in [5.41, 5.74) is 5.03. The van der Waals surface area contributed by atoms with Gasteiger partial charge < -0.3 is 4.98 Å². The molecule has 0 saturated carbocycles. The van der Waals surface area contributed by atoms with Crippen LogP contribution in [-0.4, -0.2) is 39.9 Å². The van der Waals surface area contributed by atoms with E-state index in [-0.39, 0.29) is 24.3 Å². The van der Waals surface area contributed by atoms with Crippen LogP contribution in [0, 0.1) is 0 Å². The second kappa shape index (κ2) is 6.53. The first-order valence-electron chi connectivity index (χ1n) is 8.41. The van der Waals surface area contributed by atoms with Crippen molar-refractivity contribution in [3.8, 4) is 0 Å². The van der Waals surface area contributed by atoms with Crippen molar-refractivity contribution in [2.45, 2.75) is 6.92 Å². The monoisotopic (exact) mass is 360 g/mol. The SMILES string of the molecule is CC(CN1C(=O)c2ccccc2C1=O)=NNC(=O)c1c[nH]c2ccccc12. The summed E-state index contributed by atoms with van der Waals surface area (Å²) in [5, 5.41) is 4.83. The number of nitrogens with zero attached hydrogens (tertiary/aromatic N) is 2. The van der Waals surface area contributed by atoms with Gasteiger partial charge in [0.15, 0.2) is 0 Å². The molecule has 1 aliphatic rings. The fourth-order valence-electron chi connectivity index (χ4n) is 3.11. The lowest BCUT2D eigenvalue weighted by Crippen LogP contribution is -2.35. The molecule has 2 N–H and O–H groups in total. The number of rotatable bonds is 4. The molecule has 134 valence electrons. The van der Waals surface area contributed by atoms with Gasteiger partial charge in [-0.1, -0.05) is 30.3 Å². The third-order valence-corrected chi connectivity index (χ3v) is 4.45. The zero-order chi connectivity index (χ0) is 19.0. The molecule has 0 radical (unpaired) electrons. The average Bonchev–Trinajstić information content (AvgIpc) is 3.22. The molecule has 0 unspecified atom stereocenters. The number of nitrogens with one attached hydrogen (secondary N) is 2. The Kier molecular flexibility index (Phi) is 4.04. The summed E-state index contributed by atoms with van der Waals surface area (Å²) < 4.78 is 0. The van der Waals surface area contributed by atoms with Crippen molar-refractivity contribution >= 4 is 34.3 Å². The van der Waals surface area contributed by atoms with E-state index in [1.807, 2.05) is 24.3 Å². The minimum absolute atomic E-state index is 0.0144. The van der Waals surface area contributed by atoms with Gasteiger partial charge in [-0.05, 0) is 25.1 Å². The first-order chi connectivity index (χ1) is 13.1. The maximum Gasteiger partial charge on any atom is 0.273 e. The highest BCUT2D eigenvalue weighted by atomic mass is 16.2. The molecule has 2 aromatic carbocycles. The molecule has 7 heteroatoms. The number of aromatic amines is 1. The Bertz CT molecular complexity index is 1080. The van der Waals surface area contributed by atoms with Crippen molar-refractivity contribution in [3.05, 3.63) is 71.4 Å². The highest BCUT2D eigenvalue weighted by molar-refractivity contribution is 6.22. The van der Waals surface area contributed by atoms with Crippen LogP contribution in [0.2, 0.25) is 0 Å². The minimum atomic E-state index is -0.367. The fraction of sp³-hybridized carbons (Fsp3) is 0.100. The zero-order valence-electron chi connectivity index (χ0n) is 14.5. The number of hydrazone groups is 1. The van der Waals surface area contributed by atoms with Gasteiger partial charge in [-0.15, -0.1) is 0 Å². The van der Waals surface area contributed by atoms with Crippen molar-refractivity contribution in [2.75, 3.05) is 6.54 Å². The third kappa shape index (κ3) is 2.89. The summed E-state index contributed by atoms with van der Waals surface area (Å²) in [7, 11) is 0. The van der Waals surface area contributed by atoms with Gasteiger partial charge in [0.05, 0.1) is 28.9 Å². The Labute approximate surface area is 154 Å². The van der Waals surface area contributed by atoms with Crippen LogP contribution in [0.3, 0.4) is 0 Å². The quantitative estimate of drug-likeness (QED) is 0.425. The second-order valence-electron chi connectivity index (χ2n) is 6.28. The van der Waals surface area contributed by atoms with Crippen LogP contribution in [0.15, 0.2) is 59.8 Å². The molecule has 7 nitrogen and oxygen atoms in total. The molecular formula is C20H16N4O3. The Hall–Kier alpha value is -3.74. The molecule has 0 spiro atoms. The second-order valence-corrected chi connectivity index (χ2v) is 6.28. The van der Waals surface area contributed by atoms with Crippen LogP contribution < -0.4 is 5.43 Å². The lowest BCUT2D eigenvalue weighted by atomic mass is 10.1. The maximum absolute atomic E-state index is 12.4. The molecule has 27 heavy (non-hydrogen) atoms. The van der Waals surface area contributed by atoms with Gasteiger partial charge in [-0.2, -0.15) is 5.10 Å². The smallest absolute Gasteiger partial charge is 0.273 e. The van der Waals surface area contributed by atoms with Crippen LogP contribution in [0.1, 0.15) is 38.0 Å². The third-order valence-electron chi connectivity index (χ3n) is 4.45. The zero-order valence-corrected chi connectivity index (χ0v) is 14.5. The number of carbonyl (C=O) groups excluding carboxylic acids is 3. The number of carbonyl (C=O) groups is 3. The molecule has 0 saturated heterocycles. The van der Waals surface area contributed by atoms with E-state index in [4.69, 9.17) is 0 Å². The summed E-state index contributed by atoms with van der Waals surface area (Å²) in [6.07, 6.45) is 1.62. The van der Waals surface area contributed by atoms with Crippen LogP contribution in [0.5, 0.6) is 0 Å².